The molecule has 0 bridgehead atoms. The fourth-order valence-corrected chi connectivity index (χ4v) is 3.17. The van der Waals surface area contributed by atoms with Crippen molar-refractivity contribution in [3.05, 3.63) is 40.1 Å². The molecule has 3 aromatic rings. The molecule has 0 radical (unpaired) electrons. The lowest BCUT2D eigenvalue weighted by atomic mass is 10.3. The second kappa shape index (κ2) is 6.03. The summed E-state index contributed by atoms with van der Waals surface area (Å²) in [6.45, 7) is 5.28. The predicted octanol–water partition coefficient (Wildman–Crippen LogP) is 3.99. The number of hydrogen-bond donors (Lipinski definition) is 0. The summed E-state index contributed by atoms with van der Waals surface area (Å²) in [5, 5.41) is 3.14. The summed E-state index contributed by atoms with van der Waals surface area (Å²) in [5.74, 6) is 2.00. The van der Waals surface area contributed by atoms with Crippen LogP contribution in [0.1, 0.15) is 23.4 Å². The number of thiazole rings is 1. The average molecular weight is 322 g/mol. The molecule has 0 unspecified atom stereocenters. The van der Waals surface area contributed by atoms with E-state index >= 15 is 0 Å². The van der Waals surface area contributed by atoms with Gasteiger partial charge in [-0.3, -0.25) is 0 Å². The summed E-state index contributed by atoms with van der Waals surface area (Å²) in [5.41, 5.74) is 2.93. The average Bonchev–Trinajstić information content (AvgIpc) is 3.05. The Hall–Kier alpha value is -1.59. The number of para-hydroxylation sites is 1. The van der Waals surface area contributed by atoms with Crippen LogP contribution < -0.4 is 4.74 Å². The number of aryl methyl sites for hydroxylation is 1. The van der Waals surface area contributed by atoms with E-state index in [0.29, 0.717) is 19.0 Å². The smallest absolute Gasteiger partial charge is 0.147 e. The van der Waals surface area contributed by atoms with Gasteiger partial charge in [0.2, 0.25) is 0 Å². The van der Waals surface area contributed by atoms with Gasteiger partial charge in [0.1, 0.15) is 17.1 Å². The molecule has 0 saturated carbocycles. The number of rotatable bonds is 5. The van der Waals surface area contributed by atoms with Crippen LogP contribution in [0.3, 0.4) is 0 Å². The summed E-state index contributed by atoms with van der Waals surface area (Å²) in [7, 11) is 0. The standard InChI is InChI=1S/C15H16ClN3OS/c1-3-20-13-6-4-5-12-15(13)18-14(7-16)19(12)8-11-9-21-10(2)17-11/h4-6,9H,3,7-8H2,1-2H3. The SMILES string of the molecule is CCOc1cccc2c1nc(CCl)n2Cc1csc(C)n1. The lowest BCUT2D eigenvalue weighted by molar-refractivity contribution is 0.343. The molecule has 0 N–H and O–H groups in total. The van der Waals surface area contributed by atoms with Gasteiger partial charge in [-0.1, -0.05) is 6.07 Å². The fourth-order valence-electron chi connectivity index (χ4n) is 2.36. The first kappa shape index (κ1) is 14.4. The highest BCUT2D eigenvalue weighted by Crippen LogP contribution is 2.27. The van der Waals surface area contributed by atoms with E-state index in [2.05, 4.69) is 19.9 Å². The summed E-state index contributed by atoms with van der Waals surface area (Å²) in [4.78, 5) is 9.16. The van der Waals surface area contributed by atoms with Crippen LogP contribution in [0.2, 0.25) is 0 Å². The van der Waals surface area contributed by atoms with Gasteiger partial charge in [0.25, 0.3) is 0 Å². The molecule has 0 aliphatic rings. The van der Waals surface area contributed by atoms with Crippen LogP contribution >= 0.6 is 22.9 Å². The molecule has 0 atom stereocenters. The molecule has 0 fully saturated rings. The van der Waals surface area contributed by atoms with Crippen molar-refractivity contribution in [3.8, 4) is 5.75 Å². The lowest BCUT2D eigenvalue weighted by Gasteiger charge is -2.06. The van der Waals surface area contributed by atoms with Crippen LogP contribution in [-0.4, -0.2) is 21.1 Å². The van der Waals surface area contributed by atoms with Gasteiger partial charge >= 0.3 is 0 Å². The van der Waals surface area contributed by atoms with Crippen molar-refractivity contribution in [2.45, 2.75) is 26.3 Å². The third kappa shape index (κ3) is 2.76. The number of hydrogen-bond acceptors (Lipinski definition) is 4. The second-order valence-electron chi connectivity index (χ2n) is 4.66. The highest BCUT2D eigenvalue weighted by molar-refractivity contribution is 7.09. The maximum absolute atomic E-state index is 6.06. The van der Waals surface area contributed by atoms with Crippen LogP contribution in [0, 0.1) is 6.92 Å². The minimum absolute atomic E-state index is 0.364. The number of aromatic nitrogens is 3. The van der Waals surface area contributed by atoms with Gasteiger partial charge in [-0.25, -0.2) is 9.97 Å². The number of halogens is 1. The summed E-state index contributed by atoms with van der Waals surface area (Å²) in [6, 6.07) is 5.96. The van der Waals surface area contributed by atoms with Crippen LogP contribution in [0.25, 0.3) is 11.0 Å². The zero-order valence-electron chi connectivity index (χ0n) is 12.0. The molecule has 0 spiro atoms. The Morgan fingerprint density at radius 3 is 2.86 bits per heavy atom. The van der Waals surface area contributed by atoms with Crippen molar-refractivity contribution in [2.75, 3.05) is 6.61 Å². The molecule has 6 heteroatoms. The van der Waals surface area contributed by atoms with Crippen LogP contribution in [0.4, 0.5) is 0 Å². The molecule has 0 saturated heterocycles. The van der Waals surface area contributed by atoms with Gasteiger partial charge in [0.15, 0.2) is 0 Å². The van der Waals surface area contributed by atoms with Gasteiger partial charge in [-0.2, -0.15) is 0 Å². The Morgan fingerprint density at radius 2 is 2.19 bits per heavy atom. The van der Waals surface area contributed by atoms with Gasteiger partial charge in [-0.05, 0) is 26.0 Å². The quantitative estimate of drug-likeness (QED) is 0.667. The normalized spacial score (nSPS) is 11.2. The maximum Gasteiger partial charge on any atom is 0.147 e. The molecule has 110 valence electrons. The molecule has 21 heavy (non-hydrogen) atoms. The Morgan fingerprint density at radius 1 is 1.33 bits per heavy atom. The minimum atomic E-state index is 0.364. The Bertz CT molecular complexity index is 765. The number of ether oxygens (including phenoxy) is 1. The summed E-state index contributed by atoms with van der Waals surface area (Å²) >= 11 is 7.72. The number of nitrogens with zero attached hydrogens (tertiary/aromatic N) is 3. The predicted molar refractivity (Wildman–Crippen MR) is 86.4 cm³/mol. The zero-order chi connectivity index (χ0) is 14.8. The van der Waals surface area contributed by atoms with Crippen LogP contribution in [0.5, 0.6) is 5.75 Å². The molecule has 1 aromatic carbocycles. The highest BCUT2D eigenvalue weighted by atomic mass is 35.5. The zero-order valence-corrected chi connectivity index (χ0v) is 13.5. The molecule has 0 aliphatic carbocycles. The van der Waals surface area contributed by atoms with Crippen molar-refractivity contribution < 1.29 is 4.74 Å². The topological polar surface area (TPSA) is 39.9 Å². The monoisotopic (exact) mass is 321 g/mol. The Kier molecular flexibility index (Phi) is 4.12. The van der Waals surface area contributed by atoms with Crippen LogP contribution in [0.15, 0.2) is 23.6 Å². The molecule has 2 aromatic heterocycles. The van der Waals surface area contributed by atoms with E-state index < -0.39 is 0 Å². The maximum atomic E-state index is 6.06. The number of alkyl halides is 1. The second-order valence-corrected chi connectivity index (χ2v) is 5.99. The van der Waals surface area contributed by atoms with E-state index in [1.165, 1.54) is 0 Å². The highest BCUT2D eigenvalue weighted by Gasteiger charge is 2.14. The van der Waals surface area contributed by atoms with Crippen LogP contribution in [-0.2, 0) is 12.4 Å². The van der Waals surface area contributed by atoms with E-state index in [1.807, 2.05) is 32.0 Å². The largest absolute Gasteiger partial charge is 0.492 e. The Labute approximate surface area is 132 Å². The fraction of sp³-hybridized carbons (Fsp3) is 0.333. The van der Waals surface area contributed by atoms with E-state index in [-0.39, 0.29) is 0 Å². The van der Waals surface area contributed by atoms with Crippen molar-refractivity contribution in [1.82, 2.24) is 14.5 Å². The molecule has 3 rings (SSSR count). The van der Waals surface area contributed by atoms with E-state index in [4.69, 9.17) is 16.3 Å². The first-order chi connectivity index (χ1) is 10.2. The molecule has 0 aliphatic heterocycles. The first-order valence-electron chi connectivity index (χ1n) is 6.80. The van der Waals surface area contributed by atoms with Crippen molar-refractivity contribution >= 4 is 34.0 Å². The van der Waals surface area contributed by atoms with Gasteiger partial charge in [-0.15, -0.1) is 22.9 Å². The van der Waals surface area contributed by atoms with E-state index in [9.17, 15) is 0 Å². The number of benzene rings is 1. The molecule has 0 amide bonds. The minimum Gasteiger partial charge on any atom is -0.492 e. The van der Waals surface area contributed by atoms with E-state index in [0.717, 1.165) is 33.3 Å². The first-order valence-corrected chi connectivity index (χ1v) is 8.22. The molecule has 2 heterocycles. The third-order valence-corrected chi connectivity index (χ3v) is 4.29. The number of fused-ring (bicyclic) bond motifs is 1. The molecular formula is C15H16ClN3OS. The van der Waals surface area contributed by atoms with Gasteiger partial charge < -0.3 is 9.30 Å². The van der Waals surface area contributed by atoms with Crippen molar-refractivity contribution in [2.24, 2.45) is 0 Å². The summed E-state index contributed by atoms with van der Waals surface area (Å²) < 4.78 is 7.76. The van der Waals surface area contributed by atoms with Gasteiger partial charge in [0.05, 0.1) is 35.2 Å². The van der Waals surface area contributed by atoms with Crippen molar-refractivity contribution in [3.63, 3.8) is 0 Å². The third-order valence-electron chi connectivity index (χ3n) is 3.23. The van der Waals surface area contributed by atoms with Crippen molar-refractivity contribution in [1.29, 1.82) is 0 Å². The Balaban J connectivity index is 2.09. The lowest BCUT2D eigenvalue weighted by Crippen LogP contribution is -2.04. The summed E-state index contributed by atoms with van der Waals surface area (Å²) in [6.07, 6.45) is 0. The number of imidazole rings is 1. The molecular weight excluding hydrogens is 306 g/mol. The molecule has 4 nitrogen and oxygen atoms in total. The van der Waals surface area contributed by atoms with Gasteiger partial charge in [0, 0.05) is 5.38 Å². The van der Waals surface area contributed by atoms with E-state index in [1.54, 1.807) is 11.3 Å².